The number of aromatic nitrogens is 1. The maximum absolute atomic E-state index is 5.73. The van der Waals surface area contributed by atoms with Crippen LogP contribution in [0, 0.1) is 6.92 Å². The predicted molar refractivity (Wildman–Crippen MR) is 78.7 cm³/mol. The Labute approximate surface area is 114 Å². The van der Waals surface area contributed by atoms with Crippen LogP contribution in [0.2, 0.25) is 0 Å². The third-order valence-corrected chi connectivity index (χ3v) is 3.46. The van der Waals surface area contributed by atoms with Crippen molar-refractivity contribution in [1.29, 1.82) is 0 Å². The highest BCUT2D eigenvalue weighted by Gasteiger charge is 2.15. The lowest BCUT2D eigenvalue weighted by Gasteiger charge is -2.19. The van der Waals surface area contributed by atoms with Crippen molar-refractivity contribution in [3.8, 4) is 0 Å². The standard InChI is InChI=1S/C16H21N3/c1-11(2)13-6-8-14(9-7-13)16(19-17)15-5-4-10-18-12(15)3/h4-11,16,19H,17H2,1-3H3. The lowest BCUT2D eigenvalue weighted by atomic mass is 9.95. The SMILES string of the molecule is Cc1ncccc1C(NN)c1ccc(C(C)C)cc1. The van der Waals surface area contributed by atoms with E-state index in [1.54, 1.807) is 6.20 Å². The van der Waals surface area contributed by atoms with Gasteiger partial charge < -0.3 is 0 Å². The van der Waals surface area contributed by atoms with Crippen LogP contribution >= 0.6 is 0 Å². The van der Waals surface area contributed by atoms with Gasteiger partial charge in [-0.1, -0.05) is 44.2 Å². The Hall–Kier alpha value is -1.71. The van der Waals surface area contributed by atoms with Gasteiger partial charge in [-0.2, -0.15) is 0 Å². The van der Waals surface area contributed by atoms with Crippen molar-refractivity contribution in [2.45, 2.75) is 32.7 Å². The van der Waals surface area contributed by atoms with Gasteiger partial charge in [0.25, 0.3) is 0 Å². The van der Waals surface area contributed by atoms with Crippen LogP contribution in [0.15, 0.2) is 42.6 Å². The summed E-state index contributed by atoms with van der Waals surface area (Å²) in [4.78, 5) is 4.32. The Morgan fingerprint density at radius 2 is 1.68 bits per heavy atom. The van der Waals surface area contributed by atoms with Crippen LogP contribution in [0.25, 0.3) is 0 Å². The van der Waals surface area contributed by atoms with Crippen LogP contribution < -0.4 is 11.3 Å². The zero-order valence-corrected chi connectivity index (χ0v) is 11.7. The van der Waals surface area contributed by atoms with Gasteiger partial charge >= 0.3 is 0 Å². The summed E-state index contributed by atoms with van der Waals surface area (Å²) in [7, 11) is 0. The first kappa shape index (κ1) is 13.7. The molecule has 0 aliphatic heterocycles. The molecular formula is C16H21N3. The third-order valence-electron chi connectivity index (χ3n) is 3.46. The van der Waals surface area contributed by atoms with Gasteiger partial charge in [-0.05, 0) is 35.6 Å². The second-order valence-corrected chi connectivity index (χ2v) is 5.10. The van der Waals surface area contributed by atoms with Crippen molar-refractivity contribution in [3.05, 3.63) is 65.0 Å². The van der Waals surface area contributed by atoms with E-state index in [-0.39, 0.29) is 6.04 Å². The van der Waals surface area contributed by atoms with E-state index in [4.69, 9.17) is 5.84 Å². The predicted octanol–water partition coefficient (Wildman–Crippen LogP) is 3.07. The van der Waals surface area contributed by atoms with Gasteiger partial charge in [0, 0.05) is 11.9 Å². The largest absolute Gasteiger partial charge is 0.271 e. The zero-order chi connectivity index (χ0) is 13.8. The molecule has 0 fully saturated rings. The van der Waals surface area contributed by atoms with E-state index in [0.29, 0.717) is 5.92 Å². The molecule has 0 aliphatic carbocycles. The summed E-state index contributed by atoms with van der Waals surface area (Å²) >= 11 is 0. The molecule has 0 spiro atoms. The van der Waals surface area contributed by atoms with E-state index in [9.17, 15) is 0 Å². The van der Waals surface area contributed by atoms with Crippen LogP contribution in [-0.2, 0) is 0 Å². The summed E-state index contributed by atoms with van der Waals surface area (Å²) in [5.74, 6) is 6.27. The lowest BCUT2D eigenvalue weighted by Crippen LogP contribution is -2.29. The van der Waals surface area contributed by atoms with Gasteiger partial charge in [-0.3, -0.25) is 10.8 Å². The highest BCUT2D eigenvalue weighted by atomic mass is 15.2. The maximum Gasteiger partial charge on any atom is 0.0727 e. The van der Waals surface area contributed by atoms with Crippen LogP contribution in [0.5, 0.6) is 0 Å². The third kappa shape index (κ3) is 3.00. The highest BCUT2D eigenvalue weighted by molar-refractivity contribution is 5.35. The molecule has 19 heavy (non-hydrogen) atoms. The number of benzene rings is 1. The number of nitrogens with two attached hydrogens (primary N) is 1. The van der Waals surface area contributed by atoms with E-state index in [2.05, 4.69) is 54.6 Å². The monoisotopic (exact) mass is 255 g/mol. The zero-order valence-electron chi connectivity index (χ0n) is 11.7. The second-order valence-electron chi connectivity index (χ2n) is 5.10. The van der Waals surface area contributed by atoms with Crippen molar-refractivity contribution in [2.75, 3.05) is 0 Å². The van der Waals surface area contributed by atoms with Crippen molar-refractivity contribution < 1.29 is 0 Å². The fraction of sp³-hybridized carbons (Fsp3) is 0.312. The van der Waals surface area contributed by atoms with Gasteiger partial charge in [0.15, 0.2) is 0 Å². The minimum absolute atomic E-state index is 0.0186. The number of nitrogens with zero attached hydrogens (tertiary/aromatic N) is 1. The van der Waals surface area contributed by atoms with E-state index in [1.807, 2.05) is 13.0 Å². The summed E-state index contributed by atoms with van der Waals surface area (Å²) in [6.45, 7) is 6.39. The average Bonchev–Trinajstić information content (AvgIpc) is 2.42. The molecule has 100 valence electrons. The number of rotatable bonds is 4. The molecule has 0 amide bonds. The lowest BCUT2D eigenvalue weighted by molar-refractivity contribution is 0.630. The molecule has 3 N–H and O–H groups in total. The van der Waals surface area contributed by atoms with Gasteiger partial charge in [0.1, 0.15) is 0 Å². The summed E-state index contributed by atoms with van der Waals surface area (Å²) in [5, 5.41) is 0. The van der Waals surface area contributed by atoms with Crippen molar-refractivity contribution in [1.82, 2.24) is 10.4 Å². The Kier molecular flexibility index (Phi) is 4.30. The number of hydrogen-bond acceptors (Lipinski definition) is 3. The van der Waals surface area contributed by atoms with Crippen molar-refractivity contribution >= 4 is 0 Å². The molecule has 0 saturated carbocycles. The number of nitrogens with one attached hydrogen (secondary N) is 1. The molecule has 3 nitrogen and oxygen atoms in total. The average molecular weight is 255 g/mol. The Bertz CT molecular complexity index is 532. The van der Waals surface area contributed by atoms with Crippen LogP contribution in [0.3, 0.4) is 0 Å². The molecule has 2 aromatic rings. The van der Waals surface area contributed by atoms with E-state index < -0.39 is 0 Å². The van der Waals surface area contributed by atoms with E-state index in [0.717, 1.165) is 16.8 Å². The Balaban J connectivity index is 2.35. The quantitative estimate of drug-likeness (QED) is 0.652. The van der Waals surface area contributed by atoms with Crippen LogP contribution in [0.4, 0.5) is 0 Å². The van der Waals surface area contributed by atoms with Gasteiger partial charge in [-0.15, -0.1) is 0 Å². The first-order valence-electron chi connectivity index (χ1n) is 6.61. The molecule has 0 saturated heterocycles. The van der Waals surface area contributed by atoms with Gasteiger partial charge in [-0.25, -0.2) is 5.43 Å². The summed E-state index contributed by atoms with van der Waals surface area (Å²) < 4.78 is 0. The first-order valence-corrected chi connectivity index (χ1v) is 6.61. The fourth-order valence-corrected chi connectivity index (χ4v) is 2.24. The van der Waals surface area contributed by atoms with E-state index >= 15 is 0 Å². The van der Waals surface area contributed by atoms with Crippen molar-refractivity contribution in [3.63, 3.8) is 0 Å². The number of pyridine rings is 1. The maximum atomic E-state index is 5.73. The minimum Gasteiger partial charge on any atom is -0.271 e. The summed E-state index contributed by atoms with van der Waals surface area (Å²) in [6.07, 6.45) is 1.80. The summed E-state index contributed by atoms with van der Waals surface area (Å²) in [5.41, 5.74) is 7.49. The van der Waals surface area contributed by atoms with Crippen LogP contribution in [-0.4, -0.2) is 4.98 Å². The number of hydrogen-bond donors (Lipinski definition) is 2. The second kappa shape index (κ2) is 5.95. The number of aryl methyl sites for hydroxylation is 1. The highest BCUT2D eigenvalue weighted by Crippen LogP contribution is 2.24. The topological polar surface area (TPSA) is 50.9 Å². The first-order chi connectivity index (χ1) is 9.13. The molecule has 1 atom stereocenters. The molecule has 0 bridgehead atoms. The number of hydrazine groups is 1. The molecule has 1 heterocycles. The molecule has 0 radical (unpaired) electrons. The Morgan fingerprint density at radius 1 is 1.05 bits per heavy atom. The van der Waals surface area contributed by atoms with E-state index in [1.165, 1.54) is 5.56 Å². The molecule has 1 aromatic carbocycles. The molecule has 1 aromatic heterocycles. The van der Waals surface area contributed by atoms with Crippen molar-refractivity contribution in [2.24, 2.45) is 5.84 Å². The molecule has 1 unspecified atom stereocenters. The smallest absolute Gasteiger partial charge is 0.0727 e. The van der Waals surface area contributed by atoms with Crippen LogP contribution in [0.1, 0.15) is 48.2 Å². The Morgan fingerprint density at radius 3 is 2.21 bits per heavy atom. The minimum atomic E-state index is -0.0186. The molecule has 2 rings (SSSR count). The summed E-state index contributed by atoms with van der Waals surface area (Å²) in [6, 6.07) is 12.6. The fourth-order valence-electron chi connectivity index (χ4n) is 2.24. The normalized spacial score (nSPS) is 12.7. The van der Waals surface area contributed by atoms with Gasteiger partial charge in [0.05, 0.1) is 6.04 Å². The van der Waals surface area contributed by atoms with Gasteiger partial charge in [0.2, 0.25) is 0 Å². The molecule has 0 aliphatic rings. The molecule has 3 heteroatoms. The molecular weight excluding hydrogens is 234 g/mol.